The number of carbonyl (C=O) groups excluding carboxylic acids is 2. The molecule has 0 aromatic heterocycles. The Kier molecular flexibility index (Phi) is 1.89. The molecule has 1 aliphatic rings. The summed E-state index contributed by atoms with van der Waals surface area (Å²) in [7, 11) is 0. The lowest BCUT2D eigenvalue weighted by Crippen LogP contribution is -2.29. The number of imide groups is 1. The minimum atomic E-state index is -0.477. The lowest BCUT2D eigenvalue weighted by atomic mass is 10.3. The first-order valence-corrected chi connectivity index (χ1v) is 4.00. The number of rotatable bonds is 1. The molecule has 2 amide bonds. The number of benzene rings is 1. The number of nitrogens with zero attached hydrogens (tertiary/aromatic N) is 1. The summed E-state index contributed by atoms with van der Waals surface area (Å²) >= 11 is 0. The smallest absolute Gasteiger partial charge is 0.258 e. The number of carbonyl (C=O) groups is 2. The predicted octanol–water partition coefficient (Wildman–Crippen LogP) is 1.26. The van der Waals surface area contributed by atoms with Gasteiger partial charge in [-0.25, -0.2) is 9.29 Å². The van der Waals surface area contributed by atoms with Crippen molar-refractivity contribution in [2.24, 2.45) is 0 Å². The third kappa shape index (κ3) is 1.31. The summed E-state index contributed by atoms with van der Waals surface area (Å²) in [6.07, 6.45) is 2.32. The second-order valence-electron chi connectivity index (χ2n) is 2.83. The Labute approximate surface area is 79.4 Å². The van der Waals surface area contributed by atoms with Gasteiger partial charge in [-0.3, -0.25) is 9.59 Å². The predicted molar refractivity (Wildman–Crippen MR) is 48.0 cm³/mol. The van der Waals surface area contributed by atoms with Crippen LogP contribution in [0.3, 0.4) is 0 Å². The van der Waals surface area contributed by atoms with Crippen LogP contribution >= 0.6 is 0 Å². The zero-order valence-corrected chi connectivity index (χ0v) is 7.11. The molecule has 0 aliphatic carbocycles. The van der Waals surface area contributed by atoms with Gasteiger partial charge < -0.3 is 0 Å². The van der Waals surface area contributed by atoms with E-state index in [1.54, 1.807) is 0 Å². The summed E-state index contributed by atoms with van der Waals surface area (Å²) in [5.74, 6) is -1.36. The molecule has 0 unspecified atom stereocenters. The maximum atomic E-state index is 12.8. The first-order chi connectivity index (χ1) is 6.68. The van der Waals surface area contributed by atoms with Crippen molar-refractivity contribution in [2.45, 2.75) is 0 Å². The fourth-order valence-electron chi connectivity index (χ4n) is 1.27. The van der Waals surface area contributed by atoms with Gasteiger partial charge in [-0.1, -0.05) is 6.07 Å². The lowest BCUT2D eigenvalue weighted by molar-refractivity contribution is -0.119. The van der Waals surface area contributed by atoms with Crippen molar-refractivity contribution in [3.05, 3.63) is 42.2 Å². The summed E-state index contributed by atoms with van der Waals surface area (Å²) in [6, 6.07) is 5.35. The van der Waals surface area contributed by atoms with E-state index in [4.69, 9.17) is 0 Å². The minimum Gasteiger partial charge on any atom is -0.269 e. The fourth-order valence-corrected chi connectivity index (χ4v) is 1.27. The summed E-state index contributed by atoms with van der Waals surface area (Å²) in [4.78, 5) is 23.3. The molecular weight excluding hydrogens is 185 g/mol. The first-order valence-electron chi connectivity index (χ1n) is 4.00. The minimum absolute atomic E-state index is 0.255. The van der Waals surface area contributed by atoms with Gasteiger partial charge >= 0.3 is 0 Å². The summed E-state index contributed by atoms with van der Waals surface area (Å²) in [5.41, 5.74) is 0.255. The SMILES string of the molecule is O=C1C=CC(=O)N1c1cccc(F)c1. The average molecular weight is 191 g/mol. The van der Waals surface area contributed by atoms with E-state index in [0.29, 0.717) is 0 Å². The molecule has 0 saturated heterocycles. The first kappa shape index (κ1) is 8.62. The molecule has 1 aliphatic heterocycles. The lowest BCUT2D eigenvalue weighted by Gasteiger charge is -2.13. The van der Waals surface area contributed by atoms with Crippen LogP contribution in [0, 0.1) is 5.82 Å². The summed E-state index contributed by atoms with van der Waals surface area (Å²) in [6.45, 7) is 0. The Morgan fingerprint density at radius 3 is 2.29 bits per heavy atom. The Morgan fingerprint density at radius 1 is 1.07 bits per heavy atom. The second-order valence-corrected chi connectivity index (χ2v) is 2.83. The van der Waals surface area contributed by atoms with Crippen molar-refractivity contribution < 1.29 is 14.0 Å². The van der Waals surface area contributed by atoms with E-state index in [1.807, 2.05) is 0 Å². The summed E-state index contributed by atoms with van der Waals surface area (Å²) < 4.78 is 12.8. The van der Waals surface area contributed by atoms with E-state index in [-0.39, 0.29) is 5.69 Å². The highest BCUT2D eigenvalue weighted by molar-refractivity contribution is 6.28. The normalized spacial score (nSPS) is 15.4. The van der Waals surface area contributed by atoms with Crippen LogP contribution < -0.4 is 4.90 Å². The van der Waals surface area contributed by atoms with Gasteiger partial charge in [0.25, 0.3) is 11.8 Å². The number of anilines is 1. The van der Waals surface area contributed by atoms with Crippen LogP contribution in [0.1, 0.15) is 0 Å². The molecule has 70 valence electrons. The maximum absolute atomic E-state index is 12.8. The zero-order valence-electron chi connectivity index (χ0n) is 7.11. The van der Waals surface area contributed by atoms with Crippen LogP contribution in [-0.2, 0) is 9.59 Å². The van der Waals surface area contributed by atoms with Gasteiger partial charge in [0.15, 0.2) is 0 Å². The van der Waals surface area contributed by atoms with E-state index in [9.17, 15) is 14.0 Å². The Bertz CT molecular complexity index is 422. The summed E-state index contributed by atoms with van der Waals surface area (Å²) in [5, 5.41) is 0. The molecule has 0 saturated carbocycles. The number of hydrogen-bond donors (Lipinski definition) is 0. The molecule has 0 atom stereocenters. The standard InChI is InChI=1S/C10H6FNO2/c11-7-2-1-3-8(6-7)12-9(13)4-5-10(12)14/h1-6H. The molecule has 0 fully saturated rings. The molecule has 2 rings (SSSR count). The van der Waals surface area contributed by atoms with Gasteiger partial charge in [-0.05, 0) is 18.2 Å². The largest absolute Gasteiger partial charge is 0.269 e. The number of halogens is 1. The zero-order chi connectivity index (χ0) is 10.1. The van der Waals surface area contributed by atoms with E-state index in [1.165, 1.54) is 18.2 Å². The molecule has 1 aromatic rings. The molecular formula is C10H6FNO2. The van der Waals surface area contributed by atoms with Gasteiger partial charge in [-0.2, -0.15) is 0 Å². The quantitative estimate of drug-likeness (QED) is 0.626. The van der Waals surface area contributed by atoms with E-state index >= 15 is 0 Å². The third-order valence-corrected chi connectivity index (χ3v) is 1.88. The van der Waals surface area contributed by atoms with Crippen molar-refractivity contribution >= 4 is 17.5 Å². The van der Waals surface area contributed by atoms with Crippen molar-refractivity contribution in [2.75, 3.05) is 4.90 Å². The van der Waals surface area contributed by atoms with Crippen LogP contribution in [0.5, 0.6) is 0 Å². The van der Waals surface area contributed by atoms with Crippen LogP contribution in [-0.4, -0.2) is 11.8 Å². The van der Waals surface area contributed by atoms with Gasteiger partial charge in [0.05, 0.1) is 5.69 Å². The van der Waals surface area contributed by atoms with Crippen LogP contribution in [0.15, 0.2) is 36.4 Å². The van der Waals surface area contributed by atoms with Crippen LogP contribution in [0.4, 0.5) is 10.1 Å². The van der Waals surface area contributed by atoms with Crippen molar-refractivity contribution in [3.63, 3.8) is 0 Å². The van der Waals surface area contributed by atoms with Crippen molar-refractivity contribution in [1.29, 1.82) is 0 Å². The highest BCUT2D eigenvalue weighted by atomic mass is 19.1. The molecule has 0 spiro atoms. The molecule has 0 radical (unpaired) electrons. The number of amides is 2. The fraction of sp³-hybridized carbons (Fsp3) is 0. The molecule has 0 N–H and O–H groups in total. The van der Waals surface area contributed by atoms with Gasteiger partial charge in [0, 0.05) is 12.2 Å². The maximum Gasteiger partial charge on any atom is 0.258 e. The van der Waals surface area contributed by atoms with Crippen molar-refractivity contribution in [3.8, 4) is 0 Å². The Morgan fingerprint density at radius 2 is 1.71 bits per heavy atom. The van der Waals surface area contributed by atoms with E-state index in [0.717, 1.165) is 23.1 Å². The Hall–Kier alpha value is -1.97. The Balaban J connectivity index is 2.41. The van der Waals surface area contributed by atoms with Gasteiger partial charge in [0.2, 0.25) is 0 Å². The van der Waals surface area contributed by atoms with E-state index < -0.39 is 17.6 Å². The molecule has 1 heterocycles. The number of hydrogen-bond acceptors (Lipinski definition) is 2. The van der Waals surface area contributed by atoms with Gasteiger partial charge in [-0.15, -0.1) is 0 Å². The molecule has 0 bridgehead atoms. The molecule has 1 aromatic carbocycles. The van der Waals surface area contributed by atoms with Crippen LogP contribution in [0.25, 0.3) is 0 Å². The third-order valence-electron chi connectivity index (χ3n) is 1.88. The molecule has 14 heavy (non-hydrogen) atoms. The van der Waals surface area contributed by atoms with E-state index in [2.05, 4.69) is 0 Å². The average Bonchev–Trinajstić information content (AvgIpc) is 2.46. The van der Waals surface area contributed by atoms with Gasteiger partial charge in [0.1, 0.15) is 5.82 Å². The highest BCUT2D eigenvalue weighted by Gasteiger charge is 2.24. The molecule has 3 nitrogen and oxygen atoms in total. The molecule has 4 heteroatoms. The monoisotopic (exact) mass is 191 g/mol. The van der Waals surface area contributed by atoms with Crippen LogP contribution in [0.2, 0.25) is 0 Å². The van der Waals surface area contributed by atoms with Crippen molar-refractivity contribution in [1.82, 2.24) is 0 Å². The topological polar surface area (TPSA) is 37.4 Å². The highest BCUT2D eigenvalue weighted by Crippen LogP contribution is 2.19. The second kappa shape index (κ2) is 3.06.